The number of hydrogen-bond donors (Lipinski definition) is 4. The fraction of sp³-hybridized carbons (Fsp3) is 0.207. The van der Waals surface area contributed by atoms with E-state index in [0.717, 1.165) is 17.5 Å². The largest absolute Gasteiger partial charge is 0.382 e. The SMILES string of the molecule is C=C(NC(C)c1ccc(F)cc1)c1cc(C#N)cnc1NCc1ccc(-c2cnc(N)c(CCCN)n2)nc1. The third-order valence-corrected chi connectivity index (χ3v) is 6.14. The molecule has 9 nitrogen and oxygen atoms in total. The summed E-state index contributed by atoms with van der Waals surface area (Å²) in [4.78, 5) is 17.8. The van der Waals surface area contributed by atoms with Gasteiger partial charge in [-0.2, -0.15) is 5.26 Å². The molecule has 0 aliphatic carbocycles. The minimum Gasteiger partial charge on any atom is -0.382 e. The van der Waals surface area contributed by atoms with Gasteiger partial charge >= 0.3 is 0 Å². The molecule has 1 atom stereocenters. The summed E-state index contributed by atoms with van der Waals surface area (Å²) >= 11 is 0. The number of nitrogens with two attached hydrogens (primary N) is 2. The van der Waals surface area contributed by atoms with Crippen molar-refractivity contribution in [2.75, 3.05) is 17.6 Å². The topological polar surface area (TPSA) is 151 Å². The minimum absolute atomic E-state index is 0.138. The maximum atomic E-state index is 13.3. The lowest BCUT2D eigenvalue weighted by molar-refractivity contribution is 0.623. The molecule has 198 valence electrons. The number of aromatic nitrogens is 4. The molecule has 1 unspecified atom stereocenters. The molecule has 10 heteroatoms. The first kappa shape index (κ1) is 27.2. The van der Waals surface area contributed by atoms with Gasteiger partial charge in [-0.25, -0.2) is 19.3 Å². The molecule has 39 heavy (non-hydrogen) atoms. The average molecular weight is 524 g/mol. The molecule has 0 spiro atoms. The summed E-state index contributed by atoms with van der Waals surface area (Å²) in [6.45, 7) is 7.10. The zero-order valence-corrected chi connectivity index (χ0v) is 21.7. The van der Waals surface area contributed by atoms with Gasteiger partial charge in [0, 0.05) is 36.2 Å². The van der Waals surface area contributed by atoms with Crippen molar-refractivity contribution in [3.63, 3.8) is 0 Å². The molecule has 0 radical (unpaired) electrons. The van der Waals surface area contributed by atoms with Crippen LogP contribution in [-0.2, 0) is 13.0 Å². The van der Waals surface area contributed by atoms with E-state index in [1.807, 2.05) is 19.1 Å². The number of anilines is 2. The van der Waals surface area contributed by atoms with Crippen LogP contribution in [0.2, 0.25) is 0 Å². The normalized spacial score (nSPS) is 11.4. The highest BCUT2D eigenvalue weighted by Gasteiger charge is 2.14. The number of nitrogen functional groups attached to an aromatic ring is 1. The van der Waals surface area contributed by atoms with Gasteiger partial charge in [0.05, 0.1) is 23.1 Å². The summed E-state index contributed by atoms with van der Waals surface area (Å²) in [6.07, 6.45) is 6.31. The zero-order chi connectivity index (χ0) is 27.8. The molecule has 1 aromatic carbocycles. The Morgan fingerprint density at radius 1 is 1.08 bits per heavy atom. The van der Waals surface area contributed by atoms with Gasteiger partial charge in [0.25, 0.3) is 0 Å². The average Bonchev–Trinajstić information content (AvgIpc) is 2.96. The monoisotopic (exact) mass is 523 g/mol. The lowest BCUT2D eigenvalue weighted by Gasteiger charge is -2.20. The number of halogens is 1. The standard InChI is InChI=1S/C29H30FN9/c1-18(22-6-8-23(30)9-7-22)38-19(2)24-12-21(13-32)16-37-29(24)36-15-20-5-10-25(34-14-20)27-17-35-28(33)26(39-27)4-3-11-31/h5-10,12,14,16-18,38H,2-4,11,15,31H2,1H3,(H2,33,35)(H,36,37). The number of nitriles is 1. The molecule has 3 heterocycles. The fourth-order valence-corrected chi connectivity index (χ4v) is 3.95. The Hall–Kier alpha value is -4.88. The van der Waals surface area contributed by atoms with Crippen molar-refractivity contribution < 1.29 is 4.39 Å². The fourth-order valence-electron chi connectivity index (χ4n) is 3.95. The maximum absolute atomic E-state index is 13.3. The van der Waals surface area contributed by atoms with E-state index in [9.17, 15) is 9.65 Å². The van der Waals surface area contributed by atoms with Gasteiger partial charge in [-0.3, -0.25) is 4.98 Å². The molecule has 0 aliphatic heterocycles. The van der Waals surface area contributed by atoms with E-state index < -0.39 is 0 Å². The first-order chi connectivity index (χ1) is 18.9. The first-order valence-electron chi connectivity index (χ1n) is 12.5. The lowest BCUT2D eigenvalue weighted by Crippen LogP contribution is -2.18. The molecule has 3 aromatic heterocycles. The van der Waals surface area contributed by atoms with Crippen molar-refractivity contribution in [3.8, 4) is 17.5 Å². The highest BCUT2D eigenvalue weighted by Crippen LogP contribution is 2.25. The molecule has 0 aliphatic rings. The molecule has 0 fully saturated rings. The molecular formula is C29H30FN9. The van der Waals surface area contributed by atoms with Gasteiger partial charge < -0.3 is 22.1 Å². The van der Waals surface area contributed by atoms with Crippen LogP contribution in [0.15, 0.2) is 67.6 Å². The second kappa shape index (κ2) is 12.6. The predicted octanol–water partition coefficient (Wildman–Crippen LogP) is 4.35. The van der Waals surface area contributed by atoms with Crippen molar-refractivity contribution in [2.45, 2.75) is 32.4 Å². The van der Waals surface area contributed by atoms with E-state index in [2.05, 4.69) is 43.2 Å². The number of pyridine rings is 2. The smallest absolute Gasteiger partial charge is 0.145 e. The zero-order valence-electron chi connectivity index (χ0n) is 21.7. The van der Waals surface area contributed by atoms with Gasteiger partial charge in [-0.15, -0.1) is 0 Å². The van der Waals surface area contributed by atoms with E-state index in [0.29, 0.717) is 65.1 Å². The van der Waals surface area contributed by atoms with E-state index in [4.69, 9.17) is 11.5 Å². The Labute approximate surface area is 226 Å². The number of rotatable bonds is 11. The molecule has 0 bridgehead atoms. The van der Waals surface area contributed by atoms with Crippen LogP contribution in [0.1, 0.15) is 47.3 Å². The summed E-state index contributed by atoms with van der Waals surface area (Å²) in [5.41, 5.74) is 17.1. The first-order valence-corrected chi connectivity index (χ1v) is 12.5. The van der Waals surface area contributed by atoms with Crippen LogP contribution in [-0.4, -0.2) is 26.5 Å². The van der Waals surface area contributed by atoms with Crippen molar-refractivity contribution in [1.82, 2.24) is 25.3 Å². The van der Waals surface area contributed by atoms with E-state index >= 15 is 0 Å². The van der Waals surface area contributed by atoms with E-state index in [1.54, 1.807) is 30.6 Å². The predicted molar refractivity (Wildman–Crippen MR) is 150 cm³/mol. The van der Waals surface area contributed by atoms with Crippen LogP contribution in [0.3, 0.4) is 0 Å². The van der Waals surface area contributed by atoms with E-state index in [-0.39, 0.29) is 11.9 Å². The second-order valence-corrected chi connectivity index (χ2v) is 9.01. The lowest BCUT2D eigenvalue weighted by atomic mass is 10.1. The summed E-state index contributed by atoms with van der Waals surface area (Å²) in [5, 5.41) is 16.0. The quantitative estimate of drug-likeness (QED) is 0.225. The molecule has 4 aromatic rings. The van der Waals surface area contributed by atoms with Gasteiger partial charge in [0.1, 0.15) is 29.2 Å². The van der Waals surface area contributed by atoms with Crippen LogP contribution >= 0.6 is 0 Å². The highest BCUT2D eigenvalue weighted by atomic mass is 19.1. The highest BCUT2D eigenvalue weighted by molar-refractivity contribution is 5.73. The summed E-state index contributed by atoms with van der Waals surface area (Å²) in [5.74, 6) is 0.677. The Morgan fingerprint density at radius 3 is 2.56 bits per heavy atom. The van der Waals surface area contributed by atoms with Crippen molar-refractivity contribution in [1.29, 1.82) is 5.26 Å². The van der Waals surface area contributed by atoms with Crippen LogP contribution in [0, 0.1) is 17.1 Å². The number of benzene rings is 1. The van der Waals surface area contributed by atoms with Crippen LogP contribution in [0.4, 0.5) is 16.0 Å². The number of nitrogens with one attached hydrogen (secondary N) is 2. The Bertz CT molecular complexity index is 1480. The minimum atomic E-state index is -0.293. The van der Waals surface area contributed by atoms with Gasteiger partial charge in [-0.05, 0) is 61.7 Å². The Balaban J connectivity index is 1.46. The number of nitrogens with zero attached hydrogens (tertiary/aromatic N) is 5. The van der Waals surface area contributed by atoms with E-state index in [1.165, 1.54) is 18.3 Å². The molecule has 0 amide bonds. The molecule has 0 saturated carbocycles. The third kappa shape index (κ3) is 6.91. The Kier molecular flexibility index (Phi) is 8.76. The number of hydrogen-bond acceptors (Lipinski definition) is 9. The van der Waals surface area contributed by atoms with Crippen molar-refractivity contribution >= 4 is 17.3 Å². The summed E-state index contributed by atoms with van der Waals surface area (Å²) < 4.78 is 13.3. The van der Waals surface area contributed by atoms with Crippen LogP contribution in [0.5, 0.6) is 0 Å². The summed E-state index contributed by atoms with van der Waals surface area (Å²) in [7, 11) is 0. The second-order valence-electron chi connectivity index (χ2n) is 9.01. The molecular weight excluding hydrogens is 493 g/mol. The van der Waals surface area contributed by atoms with Crippen molar-refractivity contribution in [2.24, 2.45) is 5.73 Å². The third-order valence-electron chi connectivity index (χ3n) is 6.14. The molecule has 6 N–H and O–H groups in total. The van der Waals surface area contributed by atoms with Gasteiger partial charge in [0.15, 0.2) is 0 Å². The molecule has 4 rings (SSSR count). The van der Waals surface area contributed by atoms with Crippen LogP contribution in [0.25, 0.3) is 17.1 Å². The van der Waals surface area contributed by atoms with Gasteiger partial charge in [0.2, 0.25) is 0 Å². The summed E-state index contributed by atoms with van der Waals surface area (Å²) in [6, 6.07) is 13.8. The Morgan fingerprint density at radius 2 is 1.87 bits per heavy atom. The van der Waals surface area contributed by atoms with Crippen molar-refractivity contribution in [3.05, 3.63) is 101 Å². The maximum Gasteiger partial charge on any atom is 0.145 e. The molecule has 0 saturated heterocycles. The van der Waals surface area contributed by atoms with Gasteiger partial charge in [-0.1, -0.05) is 24.8 Å². The van der Waals surface area contributed by atoms with Crippen LogP contribution < -0.4 is 22.1 Å². The number of aryl methyl sites for hydroxylation is 1.